The molecule has 0 amide bonds. The number of carbonyl (C=O) groups excluding carboxylic acids is 1. The van der Waals surface area contributed by atoms with Crippen molar-refractivity contribution in [2.24, 2.45) is 4.99 Å². The lowest BCUT2D eigenvalue weighted by Crippen LogP contribution is -2.04. The van der Waals surface area contributed by atoms with E-state index in [0.717, 1.165) is 11.5 Å². The summed E-state index contributed by atoms with van der Waals surface area (Å²) < 4.78 is 11.9. The topological polar surface area (TPSA) is 65.7 Å². The third kappa shape index (κ3) is 5.22. The predicted octanol–water partition coefficient (Wildman–Crippen LogP) is 3.12. The van der Waals surface area contributed by atoms with Crippen LogP contribution in [-0.2, 0) is 27.2 Å². The lowest BCUT2D eigenvalue weighted by atomic mass is 10.2. The van der Waals surface area contributed by atoms with E-state index in [1.54, 1.807) is 20.4 Å². The number of rotatable bonds is 9. The van der Waals surface area contributed by atoms with E-state index >= 15 is 0 Å². The van der Waals surface area contributed by atoms with Crippen LogP contribution in [0.5, 0.6) is 0 Å². The van der Waals surface area contributed by atoms with Gasteiger partial charge >= 0.3 is 5.97 Å². The molecule has 6 nitrogen and oxygen atoms in total. The van der Waals surface area contributed by atoms with Gasteiger partial charge in [-0.15, -0.1) is 0 Å². The van der Waals surface area contributed by atoms with E-state index in [9.17, 15) is 4.79 Å². The Hall–Kier alpha value is -2.63. The number of esters is 1. The van der Waals surface area contributed by atoms with E-state index in [-0.39, 0.29) is 5.97 Å². The zero-order chi connectivity index (χ0) is 17.2. The van der Waals surface area contributed by atoms with Gasteiger partial charge in [-0.1, -0.05) is 30.3 Å². The van der Waals surface area contributed by atoms with E-state index in [1.807, 2.05) is 22.8 Å². The van der Waals surface area contributed by atoms with Crippen LogP contribution in [0.15, 0.2) is 41.7 Å². The number of hydrogen-bond acceptors (Lipinski definition) is 5. The van der Waals surface area contributed by atoms with Crippen LogP contribution in [0, 0.1) is 0 Å². The number of nitrogens with zero attached hydrogens (tertiary/aromatic N) is 3. The van der Waals surface area contributed by atoms with E-state index in [4.69, 9.17) is 9.47 Å². The molecular weight excluding hydrogens is 306 g/mol. The Morgan fingerprint density at radius 3 is 2.83 bits per heavy atom. The van der Waals surface area contributed by atoms with Crippen molar-refractivity contribution >= 4 is 18.2 Å². The summed E-state index contributed by atoms with van der Waals surface area (Å²) in [5, 5.41) is 0. The summed E-state index contributed by atoms with van der Waals surface area (Å²) in [4.78, 5) is 20.2. The van der Waals surface area contributed by atoms with Gasteiger partial charge in [0, 0.05) is 6.42 Å². The Bertz CT molecular complexity index is 665. The minimum absolute atomic E-state index is 0.178. The fourth-order valence-electron chi connectivity index (χ4n) is 2.37. The molecule has 1 aromatic heterocycles. The van der Waals surface area contributed by atoms with Gasteiger partial charge in [0.15, 0.2) is 12.2 Å². The molecule has 0 aliphatic carbocycles. The number of aromatic nitrogens is 2. The van der Waals surface area contributed by atoms with Crippen LogP contribution in [0.1, 0.15) is 31.0 Å². The van der Waals surface area contributed by atoms with E-state index in [1.165, 1.54) is 12.0 Å². The van der Waals surface area contributed by atoms with E-state index in [2.05, 4.69) is 22.1 Å². The molecule has 1 aromatic carbocycles. The van der Waals surface area contributed by atoms with E-state index < -0.39 is 0 Å². The maximum absolute atomic E-state index is 11.4. The minimum atomic E-state index is -0.178. The Morgan fingerprint density at radius 2 is 2.12 bits per heavy atom. The van der Waals surface area contributed by atoms with Crippen LogP contribution in [0.3, 0.4) is 0 Å². The van der Waals surface area contributed by atoms with Gasteiger partial charge in [-0.2, -0.15) is 0 Å². The first-order chi connectivity index (χ1) is 11.7. The monoisotopic (exact) mass is 329 g/mol. The number of imidazole rings is 1. The van der Waals surface area contributed by atoms with Crippen molar-refractivity contribution in [2.45, 2.75) is 32.7 Å². The molecule has 0 bridgehead atoms. The van der Waals surface area contributed by atoms with Crippen molar-refractivity contribution in [1.82, 2.24) is 9.55 Å². The average Bonchev–Trinajstić information content (AvgIpc) is 2.96. The molecule has 2 aromatic rings. The molecule has 2 rings (SSSR count). The largest absolute Gasteiger partial charge is 0.486 e. The Labute approximate surface area is 142 Å². The van der Waals surface area contributed by atoms with Crippen LogP contribution in [0.25, 0.3) is 0 Å². The van der Waals surface area contributed by atoms with Crippen LogP contribution in [0.4, 0.5) is 5.82 Å². The number of hydrogen-bond donors (Lipinski definition) is 0. The molecule has 0 spiro atoms. The Morgan fingerprint density at radius 1 is 1.33 bits per heavy atom. The molecule has 0 radical (unpaired) electrons. The highest BCUT2D eigenvalue weighted by Crippen LogP contribution is 2.21. The molecule has 0 saturated carbocycles. The fraction of sp³-hybridized carbons (Fsp3) is 0.389. The second-order valence-corrected chi connectivity index (χ2v) is 5.26. The van der Waals surface area contributed by atoms with Gasteiger partial charge in [0.25, 0.3) is 0 Å². The van der Waals surface area contributed by atoms with Crippen molar-refractivity contribution in [3.63, 3.8) is 0 Å². The van der Waals surface area contributed by atoms with Gasteiger partial charge in [-0.05, 0) is 25.3 Å². The lowest BCUT2D eigenvalue weighted by molar-refractivity contribution is -0.143. The van der Waals surface area contributed by atoms with Crippen LogP contribution >= 0.6 is 0 Å². The summed E-state index contributed by atoms with van der Waals surface area (Å²) in [6, 6.07) is 10.1. The van der Waals surface area contributed by atoms with Gasteiger partial charge in [0.2, 0.25) is 0 Å². The maximum atomic E-state index is 11.4. The molecule has 6 heteroatoms. The molecule has 0 saturated heterocycles. The van der Waals surface area contributed by atoms with Crippen molar-refractivity contribution in [2.75, 3.05) is 13.7 Å². The third-order valence-electron chi connectivity index (χ3n) is 3.46. The van der Waals surface area contributed by atoms with Crippen molar-refractivity contribution in [3.05, 3.63) is 47.9 Å². The minimum Gasteiger partial charge on any atom is -0.486 e. The quantitative estimate of drug-likeness (QED) is 0.403. The molecule has 24 heavy (non-hydrogen) atoms. The Kier molecular flexibility index (Phi) is 7.01. The molecule has 0 N–H and O–H groups in total. The van der Waals surface area contributed by atoms with E-state index in [0.29, 0.717) is 32.4 Å². The number of carbonyl (C=O) groups is 1. The molecular formula is C18H23N3O3. The Balaban J connectivity index is 2.07. The second kappa shape index (κ2) is 9.50. The number of aryl methyl sites for hydroxylation is 1. The summed E-state index contributed by atoms with van der Waals surface area (Å²) in [6.45, 7) is 2.90. The molecule has 0 aliphatic rings. The second-order valence-electron chi connectivity index (χ2n) is 5.26. The molecule has 0 atom stereocenters. The zero-order valence-corrected chi connectivity index (χ0v) is 14.1. The lowest BCUT2D eigenvalue weighted by Gasteiger charge is -2.06. The van der Waals surface area contributed by atoms with Crippen LogP contribution in [0.2, 0.25) is 0 Å². The summed E-state index contributed by atoms with van der Waals surface area (Å²) in [5.74, 6) is 0.577. The first kappa shape index (κ1) is 17.7. The first-order valence-electron chi connectivity index (χ1n) is 8.03. The first-order valence-corrected chi connectivity index (χ1v) is 8.03. The predicted molar refractivity (Wildman–Crippen MR) is 92.5 cm³/mol. The highest BCUT2D eigenvalue weighted by Gasteiger charge is 2.11. The number of ether oxygens (including phenoxy) is 2. The fourth-order valence-corrected chi connectivity index (χ4v) is 2.37. The summed E-state index contributed by atoms with van der Waals surface area (Å²) in [7, 11) is 1.56. The van der Waals surface area contributed by atoms with Gasteiger partial charge in [0.1, 0.15) is 0 Å². The molecule has 0 fully saturated rings. The summed E-state index contributed by atoms with van der Waals surface area (Å²) >= 11 is 0. The normalized spacial score (nSPS) is 10.9. The van der Waals surface area contributed by atoms with Crippen molar-refractivity contribution < 1.29 is 14.3 Å². The number of methoxy groups -OCH3 is 1. The van der Waals surface area contributed by atoms with Gasteiger partial charge in [0.05, 0.1) is 32.3 Å². The van der Waals surface area contributed by atoms with Gasteiger partial charge in [-0.3, -0.25) is 4.79 Å². The van der Waals surface area contributed by atoms with Crippen LogP contribution < -0.4 is 0 Å². The molecule has 0 unspecified atom stereocenters. The summed E-state index contributed by atoms with van der Waals surface area (Å²) in [5.41, 5.74) is 2.02. The maximum Gasteiger partial charge on any atom is 0.305 e. The number of benzene rings is 1. The summed E-state index contributed by atoms with van der Waals surface area (Å²) in [6.07, 6.45) is 4.89. The van der Waals surface area contributed by atoms with Crippen molar-refractivity contribution in [1.29, 1.82) is 0 Å². The van der Waals surface area contributed by atoms with Crippen molar-refractivity contribution in [3.8, 4) is 0 Å². The highest BCUT2D eigenvalue weighted by atomic mass is 16.5. The molecule has 128 valence electrons. The van der Waals surface area contributed by atoms with Crippen LogP contribution in [-0.4, -0.2) is 35.6 Å². The van der Waals surface area contributed by atoms with Gasteiger partial charge < -0.3 is 14.0 Å². The SMILES string of the molecule is CCOC(=O)CCCc1ncn(Cc2ccccc2)c1/N=C\OC. The smallest absolute Gasteiger partial charge is 0.305 e. The van der Waals surface area contributed by atoms with Gasteiger partial charge in [-0.25, -0.2) is 9.98 Å². The molecule has 0 aliphatic heterocycles. The average molecular weight is 329 g/mol. The molecule has 1 heterocycles. The number of aliphatic imine (C=N–C) groups is 1. The highest BCUT2D eigenvalue weighted by molar-refractivity contribution is 5.69. The zero-order valence-electron chi connectivity index (χ0n) is 14.1. The third-order valence-corrected chi connectivity index (χ3v) is 3.46. The standard InChI is InChI=1S/C18H23N3O3/c1-3-24-17(22)11-7-10-16-18(20-14-23-2)21(13-19-16)12-15-8-5-4-6-9-15/h4-6,8-9,13-14H,3,7,10-12H2,1-2H3/b20-14-.